The highest BCUT2D eigenvalue weighted by atomic mass is 32.1. The number of aromatic nitrogens is 1. The van der Waals surface area contributed by atoms with Gasteiger partial charge in [0.25, 0.3) is 5.91 Å². The first kappa shape index (κ1) is 12.5. The largest absolute Gasteiger partial charge is 0.383 e. The molecule has 1 aliphatic carbocycles. The van der Waals surface area contributed by atoms with Crippen LogP contribution in [0.15, 0.2) is 10.9 Å². The average molecular weight is 254 g/mol. The van der Waals surface area contributed by atoms with E-state index in [-0.39, 0.29) is 5.91 Å². The summed E-state index contributed by atoms with van der Waals surface area (Å²) in [5.74, 6) is 0.692. The predicted molar refractivity (Wildman–Crippen MR) is 67.2 cm³/mol. The first-order chi connectivity index (χ1) is 8.24. The number of hydrogen-bond acceptors (Lipinski definition) is 4. The molecule has 1 amide bonds. The minimum absolute atomic E-state index is 0.0303. The van der Waals surface area contributed by atoms with Gasteiger partial charge in [0, 0.05) is 25.1 Å². The molecule has 0 saturated heterocycles. The maximum Gasteiger partial charge on any atom is 0.273 e. The maximum atomic E-state index is 12.3. The fourth-order valence-electron chi connectivity index (χ4n) is 1.98. The molecule has 1 fully saturated rings. The molecule has 0 spiro atoms. The topological polar surface area (TPSA) is 42.4 Å². The van der Waals surface area contributed by atoms with Crippen molar-refractivity contribution in [3.05, 3.63) is 16.6 Å². The molecule has 0 aliphatic heterocycles. The van der Waals surface area contributed by atoms with Crippen LogP contribution in [0, 0.1) is 5.92 Å². The second kappa shape index (κ2) is 5.60. The molecule has 1 unspecified atom stereocenters. The van der Waals surface area contributed by atoms with Crippen molar-refractivity contribution < 1.29 is 9.53 Å². The smallest absolute Gasteiger partial charge is 0.273 e. The van der Waals surface area contributed by atoms with Gasteiger partial charge < -0.3 is 9.64 Å². The Morgan fingerprint density at radius 2 is 2.47 bits per heavy atom. The van der Waals surface area contributed by atoms with Crippen LogP contribution < -0.4 is 0 Å². The summed E-state index contributed by atoms with van der Waals surface area (Å²) in [4.78, 5) is 18.3. The molecule has 2 rings (SSSR count). The van der Waals surface area contributed by atoms with E-state index in [1.807, 2.05) is 10.3 Å². The van der Waals surface area contributed by atoms with E-state index in [9.17, 15) is 4.79 Å². The lowest BCUT2D eigenvalue weighted by molar-refractivity contribution is 0.0589. The number of carbonyl (C=O) groups is 1. The lowest BCUT2D eigenvalue weighted by Gasteiger charge is -2.28. The van der Waals surface area contributed by atoms with Gasteiger partial charge in [-0.1, -0.05) is 0 Å². The molecule has 0 aromatic carbocycles. The first-order valence-corrected chi connectivity index (χ1v) is 6.86. The van der Waals surface area contributed by atoms with Crippen molar-refractivity contribution in [2.45, 2.75) is 25.8 Å². The first-order valence-electron chi connectivity index (χ1n) is 5.92. The van der Waals surface area contributed by atoms with Gasteiger partial charge in [-0.25, -0.2) is 4.98 Å². The van der Waals surface area contributed by atoms with Crippen LogP contribution in [0.1, 0.15) is 30.3 Å². The Balaban J connectivity index is 2.05. The maximum absolute atomic E-state index is 12.3. The van der Waals surface area contributed by atoms with Crippen LogP contribution in [0.2, 0.25) is 0 Å². The van der Waals surface area contributed by atoms with E-state index in [0.29, 0.717) is 30.8 Å². The van der Waals surface area contributed by atoms with Crippen LogP contribution in [0.5, 0.6) is 0 Å². The Morgan fingerprint density at radius 1 is 1.71 bits per heavy atom. The van der Waals surface area contributed by atoms with E-state index < -0.39 is 0 Å². The van der Waals surface area contributed by atoms with Gasteiger partial charge in [-0.3, -0.25) is 4.79 Å². The van der Waals surface area contributed by atoms with Gasteiger partial charge in [-0.15, -0.1) is 11.3 Å². The van der Waals surface area contributed by atoms with Gasteiger partial charge in [-0.2, -0.15) is 0 Å². The quantitative estimate of drug-likeness (QED) is 0.780. The summed E-state index contributed by atoms with van der Waals surface area (Å²) < 4.78 is 5.08. The van der Waals surface area contributed by atoms with Gasteiger partial charge in [-0.05, 0) is 25.7 Å². The third kappa shape index (κ3) is 3.04. The van der Waals surface area contributed by atoms with Gasteiger partial charge in [0.1, 0.15) is 5.69 Å². The van der Waals surface area contributed by atoms with Crippen molar-refractivity contribution in [1.29, 1.82) is 0 Å². The summed E-state index contributed by atoms with van der Waals surface area (Å²) in [5, 5.41) is 1.81. The average Bonchev–Trinajstić information content (AvgIpc) is 3.04. The van der Waals surface area contributed by atoms with Crippen LogP contribution in [-0.4, -0.2) is 42.1 Å². The summed E-state index contributed by atoms with van der Waals surface area (Å²) in [5.41, 5.74) is 2.25. The van der Waals surface area contributed by atoms with Gasteiger partial charge in [0.2, 0.25) is 0 Å². The van der Waals surface area contributed by atoms with Crippen molar-refractivity contribution in [3.8, 4) is 0 Å². The van der Waals surface area contributed by atoms with E-state index in [1.165, 1.54) is 24.2 Å². The number of rotatable bonds is 6. The number of thiazole rings is 1. The number of methoxy groups -OCH3 is 1. The molecule has 94 valence electrons. The lowest BCUT2D eigenvalue weighted by atomic mass is 10.1. The zero-order valence-corrected chi connectivity index (χ0v) is 11.1. The second-order valence-electron chi connectivity index (χ2n) is 4.44. The fourth-order valence-corrected chi connectivity index (χ4v) is 2.50. The van der Waals surface area contributed by atoms with E-state index in [4.69, 9.17) is 4.74 Å². The Kier molecular flexibility index (Phi) is 4.12. The third-order valence-electron chi connectivity index (χ3n) is 3.24. The molecule has 1 aromatic rings. The standard InChI is InChI=1S/C12H18N2O2S/c1-9(10-3-4-10)14(5-6-16-2)12(15)11-7-17-8-13-11/h7-10H,3-6H2,1-2H3. The highest BCUT2D eigenvalue weighted by molar-refractivity contribution is 7.07. The van der Waals surface area contributed by atoms with Crippen molar-refractivity contribution >= 4 is 17.2 Å². The Labute approximate surface area is 106 Å². The highest BCUT2D eigenvalue weighted by Crippen LogP contribution is 2.35. The third-order valence-corrected chi connectivity index (χ3v) is 3.83. The number of carbonyl (C=O) groups excluding carboxylic acids is 1. The van der Waals surface area contributed by atoms with E-state index in [2.05, 4.69) is 11.9 Å². The predicted octanol–water partition coefficient (Wildman–Crippen LogP) is 2.03. The Hall–Kier alpha value is -0.940. The minimum atomic E-state index is 0.0303. The summed E-state index contributed by atoms with van der Waals surface area (Å²) in [6.07, 6.45) is 2.46. The SMILES string of the molecule is COCCN(C(=O)c1cscn1)C(C)C1CC1. The fraction of sp³-hybridized carbons (Fsp3) is 0.667. The van der Waals surface area contributed by atoms with Gasteiger partial charge in [0.05, 0.1) is 12.1 Å². The summed E-state index contributed by atoms with van der Waals surface area (Å²) in [6.45, 7) is 3.34. The van der Waals surface area contributed by atoms with Crippen molar-refractivity contribution in [1.82, 2.24) is 9.88 Å². The second-order valence-corrected chi connectivity index (χ2v) is 5.16. The summed E-state index contributed by atoms with van der Waals surface area (Å²) >= 11 is 1.46. The molecular formula is C12H18N2O2S. The molecular weight excluding hydrogens is 236 g/mol. The van der Waals surface area contributed by atoms with E-state index in [0.717, 1.165) is 0 Å². The highest BCUT2D eigenvalue weighted by Gasteiger charge is 2.34. The molecule has 1 atom stereocenters. The van der Waals surface area contributed by atoms with Crippen LogP contribution in [0.3, 0.4) is 0 Å². The monoisotopic (exact) mass is 254 g/mol. The molecule has 1 heterocycles. The molecule has 1 saturated carbocycles. The van der Waals surface area contributed by atoms with Gasteiger partial charge >= 0.3 is 0 Å². The molecule has 5 heteroatoms. The Bertz CT molecular complexity index is 363. The number of ether oxygens (including phenoxy) is 1. The molecule has 1 aromatic heterocycles. The molecule has 4 nitrogen and oxygen atoms in total. The number of amides is 1. The minimum Gasteiger partial charge on any atom is -0.383 e. The molecule has 1 aliphatic rings. The van der Waals surface area contributed by atoms with Crippen molar-refractivity contribution in [3.63, 3.8) is 0 Å². The van der Waals surface area contributed by atoms with Crippen LogP contribution in [0.25, 0.3) is 0 Å². The number of hydrogen-bond donors (Lipinski definition) is 0. The van der Waals surface area contributed by atoms with Gasteiger partial charge in [0.15, 0.2) is 0 Å². The summed E-state index contributed by atoms with van der Waals surface area (Å²) in [7, 11) is 1.66. The lowest BCUT2D eigenvalue weighted by Crippen LogP contribution is -2.42. The number of nitrogens with zero attached hydrogens (tertiary/aromatic N) is 2. The normalized spacial score (nSPS) is 16.8. The summed E-state index contributed by atoms with van der Waals surface area (Å²) in [6, 6.07) is 0.291. The molecule has 0 radical (unpaired) electrons. The molecule has 0 N–H and O–H groups in total. The Morgan fingerprint density at radius 3 is 3.00 bits per heavy atom. The zero-order chi connectivity index (χ0) is 12.3. The van der Waals surface area contributed by atoms with E-state index >= 15 is 0 Å². The van der Waals surface area contributed by atoms with Crippen LogP contribution >= 0.6 is 11.3 Å². The molecule has 0 bridgehead atoms. The van der Waals surface area contributed by atoms with E-state index in [1.54, 1.807) is 12.6 Å². The van der Waals surface area contributed by atoms with Crippen LogP contribution in [-0.2, 0) is 4.74 Å². The van der Waals surface area contributed by atoms with Crippen molar-refractivity contribution in [2.24, 2.45) is 5.92 Å². The van der Waals surface area contributed by atoms with Crippen LogP contribution in [0.4, 0.5) is 0 Å². The zero-order valence-electron chi connectivity index (χ0n) is 10.3. The molecule has 17 heavy (non-hydrogen) atoms. The van der Waals surface area contributed by atoms with Crippen molar-refractivity contribution in [2.75, 3.05) is 20.3 Å².